The van der Waals surface area contributed by atoms with Crippen LogP contribution < -0.4 is 10.6 Å². The zero-order valence-electron chi connectivity index (χ0n) is 12.9. The van der Waals surface area contributed by atoms with Gasteiger partial charge in [0.25, 0.3) is 12.3 Å². The molecule has 1 aliphatic heterocycles. The summed E-state index contributed by atoms with van der Waals surface area (Å²) in [5.41, 5.74) is 0.278. The highest BCUT2D eigenvalue weighted by Gasteiger charge is 2.29. The fourth-order valence-electron chi connectivity index (χ4n) is 2.52. The summed E-state index contributed by atoms with van der Waals surface area (Å²) in [6, 6.07) is 2.60. The van der Waals surface area contributed by atoms with E-state index in [0.29, 0.717) is 5.70 Å². The molecule has 2 N–H and O–H groups in total. The molecule has 1 aromatic carbocycles. The first kappa shape index (κ1) is 16.1. The van der Waals surface area contributed by atoms with E-state index in [1.807, 2.05) is 0 Å². The maximum atomic E-state index is 13.7. The molecule has 1 aliphatic carbocycles. The van der Waals surface area contributed by atoms with Gasteiger partial charge in [-0.3, -0.25) is 4.79 Å². The van der Waals surface area contributed by atoms with Crippen LogP contribution in [0.5, 0.6) is 0 Å². The minimum absolute atomic E-state index is 0.0216. The molecule has 4 rings (SSSR count). The molecular weight excluding hydrogens is 352 g/mol. The van der Waals surface area contributed by atoms with E-state index < -0.39 is 29.7 Å². The van der Waals surface area contributed by atoms with Crippen molar-refractivity contribution in [2.45, 2.75) is 6.43 Å². The molecule has 132 valence electrons. The zero-order chi connectivity index (χ0) is 18.4. The molecule has 0 fully saturated rings. The van der Waals surface area contributed by atoms with Crippen LogP contribution in [0.1, 0.15) is 10.4 Å². The molecule has 0 saturated carbocycles. The molecule has 26 heavy (non-hydrogen) atoms. The summed E-state index contributed by atoms with van der Waals surface area (Å²) in [7, 11) is 0. The lowest BCUT2D eigenvalue weighted by Crippen LogP contribution is -2.20. The number of alkyl halides is 2. The van der Waals surface area contributed by atoms with Gasteiger partial charge in [0.1, 0.15) is 28.7 Å². The third-order valence-electron chi connectivity index (χ3n) is 3.85. The summed E-state index contributed by atoms with van der Waals surface area (Å²) >= 11 is 0. The summed E-state index contributed by atoms with van der Waals surface area (Å²) < 4.78 is 54.5. The van der Waals surface area contributed by atoms with Gasteiger partial charge >= 0.3 is 0 Å². The average Bonchev–Trinajstić information content (AvgIpc) is 3.36. The number of hydrogen-bond donors (Lipinski definition) is 2. The molecule has 1 amide bonds. The van der Waals surface area contributed by atoms with Gasteiger partial charge in [0.2, 0.25) is 0 Å². The maximum absolute atomic E-state index is 13.7. The number of nitrogens with one attached hydrogen (secondary N) is 2. The molecular formula is C17H10F4N4O. The van der Waals surface area contributed by atoms with Gasteiger partial charge in [-0.25, -0.2) is 22.2 Å². The standard InChI is InChI=1S/C17H10F4N4O/c18-9-3-4-11(19)13(5-9)24-17(26)10-7-22-25-14(15(20)21)6-12(8-1-2-8)23-16(10)25/h1-7,15,23H,(H,24,26). The van der Waals surface area contributed by atoms with Crippen LogP contribution in [0, 0.1) is 11.6 Å². The van der Waals surface area contributed by atoms with Crippen molar-refractivity contribution in [2.24, 2.45) is 0 Å². The van der Waals surface area contributed by atoms with E-state index in [-0.39, 0.29) is 17.1 Å². The number of benzene rings is 1. The molecule has 0 atom stereocenters. The highest BCUT2D eigenvalue weighted by molar-refractivity contribution is 6.08. The number of nitrogens with zero attached hydrogens (tertiary/aromatic N) is 2. The summed E-state index contributed by atoms with van der Waals surface area (Å²) in [6.07, 6.45) is 2.94. The molecule has 2 aliphatic rings. The summed E-state index contributed by atoms with van der Waals surface area (Å²) in [4.78, 5) is 12.4. The number of rotatable bonds is 3. The second kappa shape index (κ2) is 5.87. The van der Waals surface area contributed by atoms with Crippen molar-refractivity contribution >= 4 is 23.1 Å². The highest BCUT2D eigenvalue weighted by Crippen LogP contribution is 2.34. The number of hydrogen-bond acceptors (Lipinski definition) is 3. The lowest BCUT2D eigenvalue weighted by atomic mass is 10.2. The molecule has 0 spiro atoms. The average molecular weight is 362 g/mol. The summed E-state index contributed by atoms with van der Waals surface area (Å²) in [5, 5.41) is 8.90. The van der Waals surface area contributed by atoms with Gasteiger partial charge < -0.3 is 10.6 Å². The summed E-state index contributed by atoms with van der Waals surface area (Å²) in [6.45, 7) is 0. The highest BCUT2D eigenvalue weighted by atomic mass is 19.3. The predicted octanol–water partition coefficient (Wildman–Crippen LogP) is 3.77. The van der Waals surface area contributed by atoms with Crippen LogP contribution in [0.15, 0.2) is 53.9 Å². The Morgan fingerprint density at radius 2 is 2.00 bits per heavy atom. The van der Waals surface area contributed by atoms with Crippen LogP contribution in [0.25, 0.3) is 5.70 Å². The van der Waals surface area contributed by atoms with Gasteiger partial charge in [-0.1, -0.05) is 12.2 Å². The molecule has 2 heterocycles. The fourth-order valence-corrected chi connectivity index (χ4v) is 2.52. The Balaban J connectivity index is 1.70. The lowest BCUT2D eigenvalue weighted by Gasteiger charge is -2.20. The zero-order valence-corrected chi connectivity index (χ0v) is 12.9. The van der Waals surface area contributed by atoms with Gasteiger partial charge in [-0.05, 0) is 23.8 Å². The third-order valence-corrected chi connectivity index (χ3v) is 3.85. The van der Waals surface area contributed by atoms with Gasteiger partial charge in [-0.15, -0.1) is 0 Å². The van der Waals surface area contributed by atoms with E-state index in [1.165, 1.54) is 6.08 Å². The molecule has 9 heteroatoms. The number of amides is 1. The quantitative estimate of drug-likeness (QED) is 0.818. The van der Waals surface area contributed by atoms with Gasteiger partial charge in [0.15, 0.2) is 0 Å². The smallest absolute Gasteiger partial charge is 0.280 e. The van der Waals surface area contributed by atoms with Crippen molar-refractivity contribution in [1.29, 1.82) is 0 Å². The van der Waals surface area contributed by atoms with Crippen molar-refractivity contribution in [3.63, 3.8) is 0 Å². The topological polar surface area (TPSA) is 59.0 Å². The lowest BCUT2D eigenvalue weighted by molar-refractivity contribution is 0.102. The first-order valence-electron chi connectivity index (χ1n) is 7.48. The van der Waals surface area contributed by atoms with Crippen molar-refractivity contribution < 1.29 is 22.4 Å². The number of carbonyl (C=O) groups is 1. The van der Waals surface area contributed by atoms with E-state index in [4.69, 9.17) is 0 Å². The van der Waals surface area contributed by atoms with Crippen molar-refractivity contribution in [1.82, 2.24) is 9.78 Å². The van der Waals surface area contributed by atoms with E-state index in [1.54, 1.807) is 12.2 Å². The number of halogens is 4. The first-order valence-corrected chi connectivity index (χ1v) is 7.48. The molecule has 0 saturated heterocycles. The Morgan fingerprint density at radius 3 is 2.69 bits per heavy atom. The molecule has 2 aromatic rings. The minimum Gasteiger partial charge on any atom is -0.339 e. The number of carbonyl (C=O) groups excluding carboxylic acids is 1. The van der Waals surface area contributed by atoms with E-state index in [0.717, 1.165) is 34.7 Å². The van der Waals surface area contributed by atoms with Gasteiger partial charge in [0.05, 0.1) is 11.9 Å². The third kappa shape index (κ3) is 2.77. The van der Waals surface area contributed by atoms with E-state index in [2.05, 4.69) is 15.7 Å². The van der Waals surface area contributed by atoms with Crippen LogP contribution in [-0.2, 0) is 0 Å². The maximum Gasteiger partial charge on any atom is 0.280 e. The summed E-state index contributed by atoms with van der Waals surface area (Å²) in [5.74, 6) is -2.35. The Kier molecular flexibility index (Phi) is 3.64. The number of fused-ring (bicyclic) bond motifs is 1. The first-order chi connectivity index (χ1) is 12.4. The van der Waals surface area contributed by atoms with Gasteiger partial charge in [-0.2, -0.15) is 5.10 Å². The van der Waals surface area contributed by atoms with Crippen molar-refractivity contribution in [3.05, 3.63) is 71.1 Å². The molecule has 5 nitrogen and oxygen atoms in total. The molecule has 0 bridgehead atoms. The number of anilines is 2. The number of allylic oxidation sites excluding steroid dienone is 5. The van der Waals surface area contributed by atoms with Gasteiger partial charge in [0, 0.05) is 11.8 Å². The fraction of sp³-hybridized carbons (Fsp3) is 0.0588. The normalized spacial score (nSPS) is 14.9. The Labute approximate surface area is 144 Å². The molecule has 0 unspecified atom stereocenters. The molecule has 1 aromatic heterocycles. The van der Waals surface area contributed by atoms with Crippen LogP contribution in [0.2, 0.25) is 0 Å². The van der Waals surface area contributed by atoms with Crippen LogP contribution in [0.4, 0.5) is 29.1 Å². The van der Waals surface area contributed by atoms with Crippen LogP contribution in [0.3, 0.4) is 0 Å². The second-order valence-corrected chi connectivity index (χ2v) is 5.59. The Bertz CT molecular complexity index is 1010. The predicted molar refractivity (Wildman–Crippen MR) is 86.6 cm³/mol. The SMILES string of the molecule is O=C(Nc1cc(F)ccc1F)c1cnn2c1NC(=C1C=C1)C=C2C(F)F. The van der Waals surface area contributed by atoms with E-state index in [9.17, 15) is 22.4 Å². The van der Waals surface area contributed by atoms with Crippen molar-refractivity contribution in [2.75, 3.05) is 10.6 Å². The minimum atomic E-state index is -2.82. The number of aromatic nitrogens is 2. The molecule has 0 radical (unpaired) electrons. The van der Waals surface area contributed by atoms with Crippen LogP contribution >= 0.6 is 0 Å². The Morgan fingerprint density at radius 1 is 1.23 bits per heavy atom. The largest absolute Gasteiger partial charge is 0.339 e. The van der Waals surface area contributed by atoms with Crippen LogP contribution in [-0.4, -0.2) is 22.1 Å². The second-order valence-electron chi connectivity index (χ2n) is 5.59. The Hall–Kier alpha value is -3.36. The monoisotopic (exact) mass is 362 g/mol. The van der Waals surface area contributed by atoms with Crippen molar-refractivity contribution in [3.8, 4) is 0 Å². The van der Waals surface area contributed by atoms with E-state index >= 15 is 0 Å².